The smallest absolute Gasteiger partial charge is 0.242 e. The summed E-state index contributed by atoms with van der Waals surface area (Å²) in [6, 6.07) is 12.6. The zero-order valence-electron chi connectivity index (χ0n) is 12.6. The first kappa shape index (κ1) is 13.6. The number of carbonyl (C=O) groups is 1. The van der Waals surface area contributed by atoms with Gasteiger partial charge in [-0.05, 0) is 43.7 Å². The van der Waals surface area contributed by atoms with Crippen molar-refractivity contribution in [2.24, 2.45) is 5.10 Å². The summed E-state index contributed by atoms with van der Waals surface area (Å²) in [6.45, 7) is 4.21. The van der Waals surface area contributed by atoms with E-state index in [0.29, 0.717) is 12.8 Å². The quantitative estimate of drug-likeness (QED) is 0.833. The van der Waals surface area contributed by atoms with E-state index in [0.717, 1.165) is 17.0 Å². The van der Waals surface area contributed by atoms with E-state index in [1.54, 1.807) is 7.05 Å². The minimum Gasteiger partial charge on any atom is -0.319 e. The van der Waals surface area contributed by atoms with Gasteiger partial charge >= 0.3 is 0 Å². The number of hydrogen-bond acceptors (Lipinski definition) is 2. The Balaban J connectivity index is 1.92. The fourth-order valence-corrected chi connectivity index (χ4v) is 2.75. The van der Waals surface area contributed by atoms with E-state index in [9.17, 15) is 4.79 Å². The molecule has 0 unspecified atom stereocenters. The third-order valence-electron chi connectivity index (χ3n) is 3.94. The average Bonchev–Trinajstić information content (AvgIpc) is 2.81. The summed E-state index contributed by atoms with van der Waals surface area (Å²) in [5.41, 5.74) is 5.66. The second kappa shape index (κ2) is 5.20. The van der Waals surface area contributed by atoms with Crippen LogP contribution in [0.5, 0.6) is 0 Å². The lowest BCUT2D eigenvalue weighted by molar-refractivity contribution is -0.130. The lowest BCUT2D eigenvalue weighted by Crippen LogP contribution is -2.28. The normalized spacial score (nSPS) is 15.3. The molecule has 0 bridgehead atoms. The molecule has 3 rings (SSSR count). The predicted molar refractivity (Wildman–Crippen MR) is 83.8 cm³/mol. The number of aryl methyl sites for hydroxylation is 2. The number of amides is 1. The Labute approximate surface area is 124 Å². The highest BCUT2D eigenvalue weighted by Gasteiger charge is 2.17. The number of nitrogens with zero attached hydrogens (tertiary/aromatic N) is 3. The van der Waals surface area contributed by atoms with Crippen molar-refractivity contribution in [1.82, 2.24) is 9.58 Å². The van der Waals surface area contributed by atoms with E-state index in [1.807, 2.05) is 0 Å². The second-order valence-corrected chi connectivity index (χ2v) is 5.46. The number of aromatic nitrogens is 1. The molecule has 1 aliphatic heterocycles. The van der Waals surface area contributed by atoms with Crippen LogP contribution >= 0.6 is 0 Å². The SMILES string of the molecule is Cc1ccc(C)n1-c1ccc(C2=NN(C)C(=O)CC2)cc1. The van der Waals surface area contributed by atoms with E-state index in [1.165, 1.54) is 16.4 Å². The number of carbonyl (C=O) groups excluding carboxylic acids is 1. The molecular weight excluding hydrogens is 262 g/mol. The first-order valence-electron chi connectivity index (χ1n) is 7.16. The third-order valence-corrected chi connectivity index (χ3v) is 3.94. The molecule has 0 atom stereocenters. The monoisotopic (exact) mass is 281 g/mol. The maximum atomic E-state index is 11.5. The summed E-state index contributed by atoms with van der Waals surface area (Å²) >= 11 is 0. The van der Waals surface area contributed by atoms with Crippen molar-refractivity contribution in [3.8, 4) is 5.69 Å². The van der Waals surface area contributed by atoms with Gasteiger partial charge in [0.15, 0.2) is 0 Å². The molecule has 108 valence electrons. The lowest BCUT2D eigenvalue weighted by Gasteiger charge is -2.19. The highest BCUT2D eigenvalue weighted by Crippen LogP contribution is 2.19. The second-order valence-electron chi connectivity index (χ2n) is 5.46. The molecule has 1 aliphatic rings. The Morgan fingerprint density at radius 1 is 0.952 bits per heavy atom. The number of hydrogen-bond donors (Lipinski definition) is 0. The Hall–Kier alpha value is -2.36. The van der Waals surface area contributed by atoms with Gasteiger partial charge < -0.3 is 4.57 Å². The summed E-state index contributed by atoms with van der Waals surface area (Å²) in [6.07, 6.45) is 1.25. The van der Waals surface area contributed by atoms with Crippen LogP contribution in [0.2, 0.25) is 0 Å². The Bertz CT molecular complexity index is 691. The first-order valence-corrected chi connectivity index (χ1v) is 7.16. The molecule has 0 saturated carbocycles. The third kappa shape index (κ3) is 2.49. The van der Waals surface area contributed by atoms with Gasteiger partial charge in [-0.3, -0.25) is 4.79 Å². The van der Waals surface area contributed by atoms with Gasteiger partial charge in [0.25, 0.3) is 0 Å². The van der Waals surface area contributed by atoms with Crippen molar-refractivity contribution in [3.05, 3.63) is 53.3 Å². The van der Waals surface area contributed by atoms with Gasteiger partial charge in [0.1, 0.15) is 0 Å². The zero-order valence-corrected chi connectivity index (χ0v) is 12.6. The summed E-state index contributed by atoms with van der Waals surface area (Å²) in [5.74, 6) is 0.0777. The van der Waals surface area contributed by atoms with Gasteiger partial charge in [-0.1, -0.05) is 12.1 Å². The lowest BCUT2D eigenvalue weighted by atomic mass is 10.0. The molecule has 2 heterocycles. The van der Waals surface area contributed by atoms with Crippen LogP contribution in [0.3, 0.4) is 0 Å². The van der Waals surface area contributed by atoms with Crippen LogP contribution in [0.1, 0.15) is 29.8 Å². The van der Waals surface area contributed by atoms with Gasteiger partial charge in [-0.25, -0.2) is 5.01 Å². The van der Waals surface area contributed by atoms with Crippen LogP contribution in [0.15, 0.2) is 41.5 Å². The molecule has 21 heavy (non-hydrogen) atoms. The fraction of sp³-hybridized carbons (Fsp3) is 0.294. The van der Waals surface area contributed by atoms with Crippen LogP contribution in [-0.4, -0.2) is 28.2 Å². The highest BCUT2D eigenvalue weighted by atomic mass is 16.2. The van der Waals surface area contributed by atoms with E-state index >= 15 is 0 Å². The number of rotatable bonds is 2. The summed E-state index contributed by atoms with van der Waals surface area (Å²) in [7, 11) is 1.71. The maximum Gasteiger partial charge on any atom is 0.242 e. The topological polar surface area (TPSA) is 37.6 Å². The molecule has 0 saturated heterocycles. The molecule has 0 aliphatic carbocycles. The van der Waals surface area contributed by atoms with Crippen molar-refractivity contribution < 1.29 is 4.79 Å². The summed E-state index contributed by atoms with van der Waals surface area (Å²) in [5, 5.41) is 5.79. The molecule has 0 N–H and O–H groups in total. The fourth-order valence-electron chi connectivity index (χ4n) is 2.75. The predicted octanol–water partition coefficient (Wildman–Crippen LogP) is 3.05. The largest absolute Gasteiger partial charge is 0.319 e. The van der Waals surface area contributed by atoms with E-state index in [-0.39, 0.29) is 5.91 Å². The maximum absolute atomic E-state index is 11.5. The molecule has 0 fully saturated rings. The zero-order chi connectivity index (χ0) is 15.0. The Morgan fingerprint density at radius 3 is 2.14 bits per heavy atom. The van der Waals surface area contributed by atoms with E-state index < -0.39 is 0 Å². The summed E-state index contributed by atoms with van der Waals surface area (Å²) < 4.78 is 2.22. The molecule has 1 aromatic carbocycles. The van der Waals surface area contributed by atoms with Crippen LogP contribution in [0, 0.1) is 13.8 Å². The van der Waals surface area contributed by atoms with Gasteiger partial charge in [0.05, 0.1) is 5.71 Å². The minimum absolute atomic E-state index is 0.0777. The molecule has 4 heteroatoms. The van der Waals surface area contributed by atoms with Gasteiger partial charge in [-0.15, -0.1) is 0 Å². The molecule has 2 aromatic rings. The van der Waals surface area contributed by atoms with Crippen LogP contribution < -0.4 is 0 Å². The van der Waals surface area contributed by atoms with Crippen molar-refractivity contribution in [2.75, 3.05) is 7.05 Å². The number of hydrazone groups is 1. The van der Waals surface area contributed by atoms with Crippen LogP contribution in [-0.2, 0) is 4.79 Å². The van der Waals surface area contributed by atoms with Crippen molar-refractivity contribution in [2.45, 2.75) is 26.7 Å². The van der Waals surface area contributed by atoms with Crippen molar-refractivity contribution >= 4 is 11.6 Å². The Kier molecular flexibility index (Phi) is 3.37. The van der Waals surface area contributed by atoms with E-state index in [2.05, 4.69) is 59.9 Å². The van der Waals surface area contributed by atoms with Gasteiger partial charge in [0, 0.05) is 37.0 Å². The van der Waals surface area contributed by atoms with Crippen LogP contribution in [0.4, 0.5) is 0 Å². The van der Waals surface area contributed by atoms with Crippen molar-refractivity contribution in [3.63, 3.8) is 0 Å². The van der Waals surface area contributed by atoms with Crippen LogP contribution in [0.25, 0.3) is 5.69 Å². The molecule has 0 spiro atoms. The Morgan fingerprint density at radius 2 is 1.57 bits per heavy atom. The minimum atomic E-state index is 0.0777. The number of benzene rings is 1. The molecular formula is C17H19N3O. The molecule has 1 aromatic heterocycles. The average molecular weight is 281 g/mol. The van der Waals surface area contributed by atoms with Gasteiger partial charge in [-0.2, -0.15) is 5.10 Å². The highest BCUT2D eigenvalue weighted by molar-refractivity contribution is 6.04. The molecule has 4 nitrogen and oxygen atoms in total. The molecule has 0 radical (unpaired) electrons. The first-order chi connectivity index (χ1) is 10.1. The van der Waals surface area contributed by atoms with Gasteiger partial charge in [0.2, 0.25) is 5.91 Å². The van der Waals surface area contributed by atoms with E-state index in [4.69, 9.17) is 0 Å². The molecule has 1 amide bonds. The van der Waals surface area contributed by atoms with Crippen molar-refractivity contribution in [1.29, 1.82) is 0 Å². The standard InChI is InChI=1S/C17H19N3O/c1-12-4-5-13(2)20(12)15-8-6-14(7-9-15)16-10-11-17(21)19(3)18-16/h4-9H,10-11H2,1-3H3. The summed E-state index contributed by atoms with van der Waals surface area (Å²) in [4.78, 5) is 11.5.